The van der Waals surface area contributed by atoms with Gasteiger partial charge in [0.05, 0.1) is 16.8 Å². The number of aldehydes is 1. The van der Waals surface area contributed by atoms with E-state index in [4.69, 9.17) is 11.6 Å². The van der Waals surface area contributed by atoms with E-state index in [-0.39, 0.29) is 17.5 Å². The van der Waals surface area contributed by atoms with E-state index < -0.39 is 11.8 Å². The van der Waals surface area contributed by atoms with Crippen LogP contribution in [0.5, 0.6) is 0 Å². The number of benzene rings is 2. The first kappa shape index (κ1) is 28.1. The number of anilines is 2. The Morgan fingerprint density at radius 3 is 2.22 bits per heavy atom. The minimum absolute atomic E-state index is 0.180. The molecule has 0 radical (unpaired) electrons. The Morgan fingerprint density at radius 1 is 0.951 bits per heavy atom. The predicted octanol–water partition coefficient (Wildman–Crippen LogP) is 4.99. The number of hydrogen-bond donors (Lipinski definition) is 3. The molecule has 1 atom stereocenters. The minimum Gasteiger partial charge on any atom is -0.392 e. The van der Waals surface area contributed by atoms with Gasteiger partial charge in [0.1, 0.15) is 11.4 Å². The van der Waals surface area contributed by atoms with Gasteiger partial charge < -0.3 is 15.7 Å². The van der Waals surface area contributed by atoms with Gasteiger partial charge in [-0.25, -0.2) is 0 Å². The molecule has 0 spiro atoms. The van der Waals surface area contributed by atoms with Crippen LogP contribution in [0.1, 0.15) is 48.9 Å². The van der Waals surface area contributed by atoms with Crippen molar-refractivity contribution in [3.8, 4) is 11.1 Å². The molecule has 10 heteroatoms. The fourth-order valence-corrected chi connectivity index (χ4v) is 5.02. The van der Waals surface area contributed by atoms with Crippen molar-refractivity contribution in [2.24, 2.45) is 0 Å². The van der Waals surface area contributed by atoms with Gasteiger partial charge in [-0.05, 0) is 60.4 Å². The van der Waals surface area contributed by atoms with Crippen molar-refractivity contribution in [2.75, 3.05) is 23.7 Å². The maximum atomic E-state index is 13.0. The molecule has 3 N–H and O–H groups in total. The first-order chi connectivity index (χ1) is 19.8. The number of carbonyl (C=O) groups is 3. The average Bonchev–Trinajstić information content (AvgIpc) is 3.40. The second-order valence-corrected chi connectivity index (χ2v) is 10.3. The number of pyridine rings is 2. The highest BCUT2D eigenvalue weighted by atomic mass is 35.5. The number of aliphatic hydroxyl groups excluding tert-OH is 1. The first-order valence-electron chi connectivity index (χ1n) is 13.1. The van der Waals surface area contributed by atoms with Crippen molar-refractivity contribution in [2.45, 2.75) is 26.0 Å². The molecule has 0 aliphatic carbocycles. The lowest BCUT2D eigenvalue weighted by Gasteiger charge is -2.16. The minimum atomic E-state index is -0.411. The van der Waals surface area contributed by atoms with Gasteiger partial charge in [0.15, 0.2) is 6.29 Å². The Hall–Kier alpha value is -4.44. The molecular weight excluding hydrogens is 542 g/mol. The van der Waals surface area contributed by atoms with Crippen molar-refractivity contribution in [1.82, 2.24) is 14.9 Å². The Bertz CT molecular complexity index is 1590. The lowest BCUT2D eigenvalue weighted by atomic mass is 9.98. The lowest BCUT2D eigenvalue weighted by Crippen LogP contribution is -2.21. The van der Waals surface area contributed by atoms with E-state index >= 15 is 0 Å². The SMILES string of the molecule is Cc1c(NC(=O)c2ccc(C=O)cn2)cccc1-c1cccc(NC(=O)c2ccc(CN3CCC(O)C3)cn2)c1Cl. The van der Waals surface area contributed by atoms with Crippen LogP contribution in [0.15, 0.2) is 73.1 Å². The van der Waals surface area contributed by atoms with Gasteiger partial charge in [-0.1, -0.05) is 41.9 Å². The summed E-state index contributed by atoms with van der Waals surface area (Å²) < 4.78 is 0. The molecule has 208 valence electrons. The molecule has 9 nitrogen and oxygen atoms in total. The summed E-state index contributed by atoms with van der Waals surface area (Å²) in [4.78, 5) is 47.1. The largest absolute Gasteiger partial charge is 0.392 e. The Morgan fingerprint density at radius 2 is 1.61 bits per heavy atom. The van der Waals surface area contributed by atoms with E-state index in [0.717, 1.165) is 29.7 Å². The van der Waals surface area contributed by atoms with Crippen LogP contribution < -0.4 is 10.6 Å². The van der Waals surface area contributed by atoms with Crippen molar-refractivity contribution in [1.29, 1.82) is 0 Å². The number of aliphatic hydroxyl groups is 1. The summed E-state index contributed by atoms with van der Waals surface area (Å²) in [6, 6.07) is 17.4. The number of carbonyl (C=O) groups excluding carboxylic acids is 3. The molecule has 5 rings (SSSR count). The van der Waals surface area contributed by atoms with Crippen LogP contribution in [0.25, 0.3) is 11.1 Å². The quantitative estimate of drug-likeness (QED) is 0.255. The van der Waals surface area contributed by atoms with Gasteiger partial charge in [0.25, 0.3) is 11.8 Å². The summed E-state index contributed by atoms with van der Waals surface area (Å²) in [6.07, 6.45) is 4.16. The van der Waals surface area contributed by atoms with Crippen molar-refractivity contribution < 1.29 is 19.5 Å². The first-order valence-corrected chi connectivity index (χ1v) is 13.5. The standard InChI is InChI=1S/C31H28ClN5O4/c1-19-23(4-2-6-25(19)35-30(40)28-11-9-21(18-38)15-34-28)24-5-3-7-26(29(24)32)36-31(41)27-10-8-20(14-33-27)16-37-13-12-22(39)17-37/h2-11,14-15,18,22,39H,12-13,16-17H2,1H3,(H,35,40)(H,36,41). The van der Waals surface area contributed by atoms with Crippen molar-refractivity contribution in [3.63, 3.8) is 0 Å². The third-order valence-corrected chi connectivity index (χ3v) is 7.39. The van der Waals surface area contributed by atoms with E-state index in [1.54, 1.807) is 36.5 Å². The lowest BCUT2D eigenvalue weighted by molar-refractivity contribution is 0.101. The molecular formula is C31H28ClN5O4. The maximum absolute atomic E-state index is 13.0. The molecule has 1 aliphatic heterocycles. The summed E-state index contributed by atoms with van der Waals surface area (Å²) in [5, 5.41) is 15.8. The van der Waals surface area contributed by atoms with Crippen LogP contribution in [-0.2, 0) is 6.54 Å². The zero-order valence-corrected chi connectivity index (χ0v) is 23.1. The average molecular weight is 570 g/mol. The number of amides is 2. The molecule has 1 unspecified atom stereocenters. The molecule has 2 aromatic carbocycles. The van der Waals surface area contributed by atoms with E-state index in [1.165, 1.54) is 18.3 Å². The van der Waals surface area contributed by atoms with Crippen molar-refractivity contribution in [3.05, 3.63) is 106 Å². The molecule has 1 fully saturated rings. The zero-order chi connectivity index (χ0) is 28.9. The Balaban J connectivity index is 1.30. The number of nitrogens with zero attached hydrogens (tertiary/aromatic N) is 3. The molecule has 0 saturated carbocycles. The highest BCUT2D eigenvalue weighted by Gasteiger charge is 2.21. The topological polar surface area (TPSA) is 125 Å². The van der Waals surface area contributed by atoms with E-state index in [1.807, 2.05) is 25.1 Å². The van der Waals surface area contributed by atoms with Gasteiger partial charge >= 0.3 is 0 Å². The summed E-state index contributed by atoms with van der Waals surface area (Å²) >= 11 is 6.77. The van der Waals surface area contributed by atoms with Crippen LogP contribution in [0.2, 0.25) is 5.02 Å². The van der Waals surface area contributed by atoms with Gasteiger partial charge in [-0.3, -0.25) is 29.3 Å². The number of nitrogens with one attached hydrogen (secondary N) is 2. The van der Waals surface area contributed by atoms with Crippen LogP contribution >= 0.6 is 11.6 Å². The number of β-amino-alcohol motifs (C(OH)–C–C–N with tert-alkyl or cyclic N) is 1. The molecule has 1 aliphatic rings. The zero-order valence-electron chi connectivity index (χ0n) is 22.3. The van der Waals surface area contributed by atoms with Gasteiger partial charge in [0, 0.05) is 48.8 Å². The molecule has 1 saturated heterocycles. The number of rotatable bonds is 8. The van der Waals surface area contributed by atoms with E-state index in [2.05, 4.69) is 25.5 Å². The second-order valence-electron chi connectivity index (χ2n) is 9.88. The number of hydrogen-bond acceptors (Lipinski definition) is 7. The molecule has 41 heavy (non-hydrogen) atoms. The molecule has 0 bridgehead atoms. The van der Waals surface area contributed by atoms with Crippen LogP contribution in [0, 0.1) is 6.92 Å². The van der Waals surface area contributed by atoms with Crippen molar-refractivity contribution >= 4 is 41.1 Å². The molecule has 2 amide bonds. The number of halogens is 1. The fourth-order valence-electron chi connectivity index (χ4n) is 4.75. The number of likely N-dealkylation sites (tertiary alicyclic amines) is 1. The van der Waals surface area contributed by atoms with Gasteiger partial charge in [-0.15, -0.1) is 0 Å². The second kappa shape index (κ2) is 12.4. The van der Waals surface area contributed by atoms with Gasteiger partial charge in [-0.2, -0.15) is 0 Å². The summed E-state index contributed by atoms with van der Waals surface area (Å²) in [7, 11) is 0. The Kier molecular flexibility index (Phi) is 8.49. The predicted molar refractivity (Wildman–Crippen MR) is 157 cm³/mol. The summed E-state index contributed by atoms with van der Waals surface area (Å²) in [5.74, 6) is -0.802. The third-order valence-electron chi connectivity index (χ3n) is 6.99. The smallest absolute Gasteiger partial charge is 0.274 e. The van der Waals surface area contributed by atoms with Gasteiger partial charge in [0.2, 0.25) is 0 Å². The number of aromatic nitrogens is 2. The normalized spacial score (nSPS) is 15.0. The molecule has 2 aromatic heterocycles. The highest BCUT2D eigenvalue weighted by Crippen LogP contribution is 2.37. The van der Waals surface area contributed by atoms with E-state index in [9.17, 15) is 19.5 Å². The molecule has 3 heterocycles. The summed E-state index contributed by atoms with van der Waals surface area (Å²) in [6.45, 7) is 4.01. The highest BCUT2D eigenvalue weighted by molar-refractivity contribution is 6.36. The van der Waals surface area contributed by atoms with Crippen LogP contribution in [-0.4, -0.2) is 57.3 Å². The van der Waals surface area contributed by atoms with Crippen LogP contribution in [0.3, 0.4) is 0 Å². The van der Waals surface area contributed by atoms with E-state index in [0.29, 0.717) is 46.9 Å². The molecule has 4 aromatic rings. The third kappa shape index (κ3) is 6.49. The maximum Gasteiger partial charge on any atom is 0.274 e. The fraction of sp³-hybridized carbons (Fsp3) is 0.194. The van der Waals surface area contributed by atoms with Crippen LogP contribution in [0.4, 0.5) is 11.4 Å². The Labute approximate surface area is 242 Å². The summed E-state index contributed by atoms with van der Waals surface area (Å²) in [5.41, 5.74) is 5.03. The monoisotopic (exact) mass is 569 g/mol.